The van der Waals surface area contributed by atoms with Crippen molar-refractivity contribution in [3.05, 3.63) is 65.2 Å². The largest absolute Gasteiger partial charge is 0.388 e. The minimum Gasteiger partial charge on any atom is -0.388 e. The second-order valence-electron chi connectivity index (χ2n) is 4.64. The number of imide groups is 1. The minimum atomic E-state index is -0.452. The Morgan fingerprint density at radius 1 is 0.952 bits per heavy atom. The number of carbonyl (C=O) groups is 2. The summed E-state index contributed by atoms with van der Waals surface area (Å²) in [4.78, 5) is 25.6. The number of nitrogens with one attached hydrogen (secondary N) is 2. The van der Waals surface area contributed by atoms with Crippen LogP contribution in [0.3, 0.4) is 0 Å². The van der Waals surface area contributed by atoms with Crippen molar-refractivity contribution in [3.8, 4) is 0 Å². The molecule has 0 aliphatic carbocycles. The Morgan fingerprint density at radius 3 is 2.05 bits per heavy atom. The molecular formula is C16H13N3O2. The van der Waals surface area contributed by atoms with Crippen LogP contribution in [0, 0.1) is 5.41 Å². The van der Waals surface area contributed by atoms with Crippen LogP contribution in [-0.4, -0.2) is 29.6 Å². The van der Waals surface area contributed by atoms with Crippen molar-refractivity contribution in [3.63, 3.8) is 0 Å². The quantitative estimate of drug-likeness (QED) is 0.503. The number of hydrogen-bond acceptors (Lipinski definition) is 4. The first-order valence-corrected chi connectivity index (χ1v) is 6.48. The van der Waals surface area contributed by atoms with E-state index in [2.05, 4.69) is 5.32 Å². The molecule has 0 atom stereocenters. The van der Waals surface area contributed by atoms with Crippen molar-refractivity contribution in [2.75, 3.05) is 12.4 Å². The standard InChI is InChI=1S/C16H13N3O2/c1-18-13-9-5-4-8-12(13)14(17)19-15(20)10-6-2-3-7-11(10)16(19)21/h2-9,17-18H,1H3. The fourth-order valence-corrected chi connectivity index (χ4v) is 2.42. The molecule has 5 nitrogen and oxygen atoms in total. The predicted molar refractivity (Wildman–Crippen MR) is 79.8 cm³/mol. The van der Waals surface area contributed by atoms with E-state index in [1.165, 1.54) is 0 Å². The fraction of sp³-hybridized carbons (Fsp3) is 0.0625. The first-order chi connectivity index (χ1) is 10.1. The lowest BCUT2D eigenvalue weighted by atomic mass is 10.1. The van der Waals surface area contributed by atoms with E-state index in [1.54, 1.807) is 49.5 Å². The van der Waals surface area contributed by atoms with Crippen LogP contribution in [0.4, 0.5) is 5.69 Å². The summed E-state index contributed by atoms with van der Waals surface area (Å²) in [5.41, 5.74) is 1.89. The number of hydrogen-bond donors (Lipinski definition) is 2. The number of amidine groups is 1. The molecule has 0 aromatic heterocycles. The summed E-state index contributed by atoms with van der Waals surface area (Å²) in [6, 6.07) is 13.7. The number of rotatable bonds is 2. The van der Waals surface area contributed by atoms with Gasteiger partial charge in [-0.3, -0.25) is 15.0 Å². The van der Waals surface area contributed by atoms with E-state index in [1.807, 2.05) is 6.07 Å². The van der Waals surface area contributed by atoms with Gasteiger partial charge in [0.1, 0.15) is 5.84 Å². The van der Waals surface area contributed by atoms with E-state index in [-0.39, 0.29) is 5.84 Å². The lowest BCUT2D eigenvalue weighted by Crippen LogP contribution is -2.36. The molecule has 2 amide bonds. The van der Waals surface area contributed by atoms with Crippen LogP contribution in [-0.2, 0) is 0 Å². The van der Waals surface area contributed by atoms with Gasteiger partial charge in [-0.15, -0.1) is 0 Å². The molecule has 0 radical (unpaired) electrons. The summed E-state index contributed by atoms with van der Waals surface area (Å²) in [5, 5.41) is 11.2. The minimum absolute atomic E-state index is 0.119. The van der Waals surface area contributed by atoms with Crippen LogP contribution >= 0.6 is 0 Å². The predicted octanol–water partition coefficient (Wildman–Crippen LogP) is 2.35. The summed E-state index contributed by atoms with van der Waals surface area (Å²) in [6.45, 7) is 0. The van der Waals surface area contributed by atoms with Gasteiger partial charge in [0.25, 0.3) is 11.8 Å². The third-order valence-corrected chi connectivity index (χ3v) is 3.47. The molecular weight excluding hydrogens is 266 g/mol. The molecule has 0 spiro atoms. The SMILES string of the molecule is CNc1ccccc1C(=N)N1C(=O)c2ccccc2C1=O. The number of para-hydroxylation sites is 1. The molecule has 5 heteroatoms. The first kappa shape index (κ1) is 13.1. The van der Waals surface area contributed by atoms with Gasteiger partial charge in [0.05, 0.1) is 11.1 Å². The van der Waals surface area contributed by atoms with Gasteiger partial charge in [0, 0.05) is 18.3 Å². The third-order valence-electron chi connectivity index (χ3n) is 3.47. The Hall–Kier alpha value is -2.95. The van der Waals surface area contributed by atoms with Gasteiger partial charge in [0.2, 0.25) is 0 Å². The molecule has 1 aliphatic heterocycles. The molecule has 0 fully saturated rings. The van der Waals surface area contributed by atoms with Crippen molar-refractivity contribution < 1.29 is 9.59 Å². The van der Waals surface area contributed by atoms with E-state index in [9.17, 15) is 9.59 Å². The van der Waals surface area contributed by atoms with Gasteiger partial charge in [0.15, 0.2) is 0 Å². The maximum atomic E-state index is 12.4. The molecule has 1 heterocycles. The number of benzene rings is 2. The highest BCUT2D eigenvalue weighted by Crippen LogP contribution is 2.26. The van der Waals surface area contributed by atoms with Gasteiger partial charge in [-0.25, -0.2) is 4.90 Å². The van der Waals surface area contributed by atoms with Gasteiger partial charge in [-0.2, -0.15) is 0 Å². The molecule has 0 saturated carbocycles. The average Bonchev–Trinajstić information content (AvgIpc) is 2.78. The van der Waals surface area contributed by atoms with Crippen LogP contribution in [0.25, 0.3) is 0 Å². The summed E-state index contributed by atoms with van der Waals surface area (Å²) in [5.74, 6) is -1.02. The number of nitrogens with zero attached hydrogens (tertiary/aromatic N) is 1. The van der Waals surface area contributed by atoms with E-state index in [4.69, 9.17) is 5.41 Å². The van der Waals surface area contributed by atoms with Crippen molar-refractivity contribution >= 4 is 23.3 Å². The van der Waals surface area contributed by atoms with Crippen LogP contribution in [0.2, 0.25) is 0 Å². The highest BCUT2D eigenvalue weighted by atomic mass is 16.2. The van der Waals surface area contributed by atoms with E-state index in [0.717, 1.165) is 4.90 Å². The number of anilines is 1. The fourth-order valence-electron chi connectivity index (χ4n) is 2.42. The van der Waals surface area contributed by atoms with Crippen LogP contribution in [0.15, 0.2) is 48.5 Å². The molecule has 0 bridgehead atoms. The highest BCUT2D eigenvalue weighted by molar-refractivity contribution is 6.32. The number of fused-ring (bicyclic) bond motifs is 1. The van der Waals surface area contributed by atoms with E-state index >= 15 is 0 Å². The van der Waals surface area contributed by atoms with Gasteiger partial charge < -0.3 is 5.32 Å². The van der Waals surface area contributed by atoms with Gasteiger partial charge >= 0.3 is 0 Å². The van der Waals surface area contributed by atoms with Crippen molar-refractivity contribution in [2.24, 2.45) is 0 Å². The molecule has 0 saturated heterocycles. The molecule has 1 aliphatic rings. The molecule has 2 N–H and O–H groups in total. The third kappa shape index (κ3) is 1.90. The van der Waals surface area contributed by atoms with E-state index < -0.39 is 11.8 Å². The molecule has 21 heavy (non-hydrogen) atoms. The second-order valence-corrected chi connectivity index (χ2v) is 4.64. The zero-order valence-corrected chi connectivity index (χ0v) is 11.4. The Bertz CT molecular complexity index is 733. The zero-order chi connectivity index (χ0) is 15.0. The van der Waals surface area contributed by atoms with Crippen LogP contribution in [0.1, 0.15) is 26.3 Å². The highest BCUT2D eigenvalue weighted by Gasteiger charge is 2.38. The molecule has 2 aromatic carbocycles. The molecule has 0 unspecified atom stereocenters. The molecule has 2 aromatic rings. The van der Waals surface area contributed by atoms with Crippen LogP contribution in [0.5, 0.6) is 0 Å². The summed E-state index contributed by atoms with van der Waals surface area (Å²) in [6.07, 6.45) is 0. The second kappa shape index (κ2) is 4.86. The number of amides is 2. The normalized spacial score (nSPS) is 13.3. The van der Waals surface area contributed by atoms with Crippen LogP contribution < -0.4 is 5.32 Å². The average molecular weight is 279 g/mol. The Kier molecular flexibility index (Phi) is 3.02. The summed E-state index contributed by atoms with van der Waals surface area (Å²) < 4.78 is 0. The molecule has 104 valence electrons. The van der Waals surface area contributed by atoms with Gasteiger partial charge in [-0.05, 0) is 24.3 Å². The van der Waals surface area contributed by atoms with Crippen molar-refractivity contribution in [1.29, 1.82) is 5.41 Å². The van der Waals surface area contributed by atoms with E-state index in [0.29, 0.717) is 22.4 Å². The smallest absolute Gasteiger partial charge is 0.267 e. The molecule has 3 rings (SSSR count). The zero-order valence-electron chi connectivity index (χ0n) is 11.4. The lowest BCUT2D eigenvalue weighted by molar-refractivity contribution is 0.0748. The van der Waals surface area contributed by atoms with Gasteiger partial charge in [-0.1, -0.05) is 24.3 Å². The summed E-state index contributed by atoms with van der Waals surface area (Å²) in [7, 11) is 1.73. The monoisotopic (exact) mass is 279 g/mol. The van der Waals surface area contributed by atoms with Crippen molar-refractivity contribution in [1.82, 2.24) is 4.90 Å². The number of carbonyl (C=O) groups excluding carboxylic acids is 2. The lowest BCUT2D eigenvalue weighted by Gasteiger charge is -2.17. The first-order valence-electron chi connectivity index (χ1n) is 6.48. The maximum Gasteiger partial charge on any atom is 0.267 e. The Balaban J connectivity index is 2.05. The summed E-state index contributed by atoms with van der Waals surface area (Å²) >= 11 is 0. The Morgan fingerprint density at radius 2 is 1.48 bits per heavy atom. The topological polar surface area (TPSA) is 73.3 Å². The maximum absolute atomic E-state index is 12.4. The Labute approximate surface area is 121 Å². The van der Waals surface area contributed by atoms with Crippen molar-refractivity contribution in [2.45, 2.75) is 0 Å².